The molecule has 0 aliphatic heterocycles. The largest absolute Gasteiger partial charge is 0.332 e. The molecule has 0 heterocycles. The number of carbonyl (C=O) groups is 1. The summed E-state index contributed by atoms with van der Waals surface area (Å²) in [6.07, 6.45) is 8.14. The van der Waals surface area contributed by atoms with E-state index in [0.29, 0.717) is 5.56 Å². The van der Waals surface area contributed by atoms with E-state index >= 15 is 0 Å². The first-order valence-electron chi connectivity index (χ1n) is 7.22. The van der Waals surface area contributed by atoms with E-state index < -0.39 is 0 Å². The molecule has 1 aliphatic carbocycles. The molecule has 0 atom stereocenters. The van der Waals surface area contributed by atoms with Crippen molar-refractivity contribution in [1.82, 2.24) is 5.32 Å². The minimum Gasteiger partial charge on any atom is -0.332 e. The third kappa shape index (κ3) is 4.17. The van der Waals surface area contributed by atoms with E-state index in [1.54, 1.807) is 12.1 Å². The molecule has 1 amide bonds. The van der Waals surface area contributed by atoms with Gasteiger partial charge >= 0.3 is 0 Å². The maximum absolute atomic E-state index is 12.0. The van der Waals surface area contributed by atoms with Crippen LogP contribution in [0.4, 0.5) is 5.69 Å². The van der Waals surface area contributed by atoms with Crippen LogP contribution in [0.25, 0.3) is 0 Å². The molecule has 0 spiro atoms. The van der Waals surface area contributed by atoms with Gasteiger partial charge in [-0.15, -0.1) is 0 Å². The number of benzene rings is 2. The fraction of sp³-hybridized carbons (Fsp3) is 0. The van der Waals surface area contributed by atoms with Crippen LogP contribution in [0.15, 0.2) is 54.6 Å². The highest BCUT2D eigenvalue weighted by Gasteiger charge is 2.18. The average molecular weight is 319 g/mol. The molecule has 1 saturated carbocycles. The van der Waals surface area contributed by atoms with E-state index in [2.05, 4.69) is 23.5 Å². The van der Waals surface area contributed by atoms with Crippen molar-refractivity contribution in [2.75, 3.05) is 5.32 Å². The van der Waals surface area contributed by atoms with Gasteiger partial charge < -0.3 is 5.32 Å². The minimum absolute atomic E-state index is 0.225. The van der Waals surface area contributed by atoms with Crippen LogP contribution in [0.2, 0.25) is 0 Å². The summed E-state index contributed by atoms with van der Waals surface area (Å²) < 4.78 is 0. The maximum atomic E-state index is 12.0. The first-order chi connectivity index (χ1) is 11.2. The summed E-state index contributed by atoms with van der Waals surface area (Å²) in [5, 5.41) is 5.96. The highest BCUT2D eigenvalue weighted by molar-refractivity contribution is 7.80. The molecule has 2 aromatic carbocycles. The van der Waals surface area contributed by atoms with E-state index in [0.717, 1.165) is 11.3 Å². The third-order valence-corrected chi connectivity index (χ3v) is 3.61. The van der Waals surface area contributed by atoms with Gasteiger partial charge in [-0.3, -0.25) is 10.1 Å². The van der Waals surface area contributed by atoms with Crippen molar-refractivity contribution in [3.63, 3.8) is 0 Å². The van der Waals surface area contributed by atoms with Gasteiger partial charge in [0.25, 0.3) is 5.91 Å². The lowest BCUT2D eigenvalue weighted by atomic mass is 9.98. The second-order valence-corrected chi connectivity index (χ2v) is 5.43. The molecule has 2 aromatic rings. The Morgan fingerprint density at radius 2 is 1.52 bits per heavy atom. The van der Waals surface area contributed by atoms with Gasteiger partial charge in [-0.25, -0.2) is 0 Å². The predicted octanol–water partition coefficient (Wildman–Crippen LogP) is 3.57. The molecule has 2 N–H and O–H groups in total. The molecule has 4 heteroatoms. The number of rotatable bonds is 3. The van der Waals surface area contributed by atoms with Crippen LogP contribution in [0, 0.1) is 31.6 Å². The van der Waals surface area contributed by atoms with Crippen molar-refractivity contribution in [2.45, 2.75) is 0 Å². The topological polar surface area (TPSA) is 41.1 Å². The minimum atomic E-state index is -0.225. The molecule has 5 radical (unpaired) electrons. The Morgan fingerprint density at radius 3 is 2.17 bits per heavy atom. The van der Waals surface area contributed by atoms with Gasteiger partial charge in [-0.05, 0) is 67.7 Å². The van der Waals surface area contributed by atoms with Crippen LogP contribution in [-0.2, 0) is 0 Å². The maximum Gasteiger partial charge on any atom is 0.257 e. The number of anilines is 1. The van der Waals surface area contributed by atoms with Gasteiger partial charge in [0.15, 0.2) is 5.11 Å². The summed E-state index contributed by atoms with van der Waals surface area (Å²) in [6.45, 7) is 0. The summed E-state index contributed by atoms with van der Waals surface area (Å²) in [5.41, 5.74) is 2.54. The van der Waals surface area contributed by atoms with E-state index in [-0.39, 0.29) is 11.0 Å². The molecule has 0 bridgehead atoms. The summed E-state index contributed by atoms with van der Waals surface area (Å²) in [6, 6.07) is 16.9. The Hall–Kier alpha value is -2.20. The summed E-state index contributed by atoms with van der Waals surface area (Å²) in [4.78, 5) is 12.0. The van der Waals surface area contributed by atoms with E-state index in [1.165, 1.54) is 5.92 Å². The molecule has 23 heavy (non-hydrogen) atoms. The fourth-order valence-electron chi connectivity index (χ4n) is 2.24. The number of thiocarbonyl (C=S) groups is 1. The molecular weight excluding hydrogens is 304 g/mol. The molecule has 0 unspecified atom stereocenters. The molecule has 0 aromatic heterocycles. The number of amides is 1. The van der Waals surface area contributed by atoms with Crippen LogP contribution in [-0.4, -0.2) is 11.0 Å². The molecular formula is C19H15N2OS. The summed E-state index contributed by atoms with van der Waals surface area (Å²) in [7, 11) is 0. The first kappa shape index (κ1) is 15.7. The van der Waals surface area contributed by atoms with Crippen molar-refractivity contribution in [3.05, 3.63) is 97.3 Å². The van der Waals surface area contributed by atoms with Crippen molar-refractivity contribution in [2.24, 2.45) is 0 Å². The van der Waals surface area contributed by atoms with Crippen LogP contribution in [0.3, 0.4) is 0 Å². The molecule has 0 saturated heterocycles. The Morgan fingerprint density at radius 1 is 0.870 bits per heavy atom. The van der Waals surface area contributed by atoms with Gasteiger partial charge in [-0.1, -0.05) is 30.3 Å². The highest BCUT2D eigenvalue weighted by Crippen LogP contribution is 2.30. The normalized spacial score (nSPS) is 14.4. The summed E-state index contributed by atoms with van der Waals surface area (Å²) in [5.74, 6) is 0.952. The van der Waals surface area contributed by atoms with E-state index in [9.17, 15) is 4.79 Å². The van der Waals surface area contributed by atoms with E-state index in [4.69, 9.17) is 12.2 Å². The Balaban J connectivity index is 1.56. The predicted molar refractivity (Wildman–Crippen MR) is 96.1 cm³/mol. The Kier molecular flexibility index (Phi) is 5.03. The number of nitrogens with one attached hydrogen (secondary N) is 2. The number of carbonyl (C=O) groups excluding carboxylic acids is 1. The first-order valence-corrected chi connectivity index (χ1v) is 7.63. The second-order valence-electron chi connectivity index (χ2n) is 5.03. The lowest BCUT2D eigenvalue weighted by Crippen LogP contribution is -2.34. The Labute approximate surface area is 142 Å². The zero-order valence-corrected chi connectivity index (χ0v) is 13.1. The lowest BCUT2D eigenvalue weighted by Gasteiger charge is -2.12. The quantitative estimate of drug-likeness (QED) is 0.850. The van der Waals surface area contributed by atoms with Crippen molar-refractivity contribution < 1.29 is 4.79 Å². The van der Waals surface area contributed by atoms with E-state index in [1.807, 2.05) is 55.3 Å². The zero-order valence-electron chi connectivity index (χ0n) is 12.3. The summed E-state index contributed by atoms with van der Waals surface area (Å²) >= 11 is 5.18. The standard InChI is InChI=1S/C19H15N2OS/c22-18(16-8-2-1-3-9-16)21-19(23)20-17-12-10-15(11-13-17)14-6-4-5-7-14/h1-13H,(H2,20,21,22,23). The van der Waals surface area contributed by atoms with Gasteiger partial charge in [0, 0.05) is 17.2 Å². The monoisotopic (exact) mass is 319 g/mol. The van der Waals surface area contributed by atoms with Gasteiger partial charge in [0.1, 0.15) is 0 Å². The van der Waals surface area contributed by atoms with Crippen LogP contribution in [0.5, 0.6) is 0 Å². The van der Waals surface area contributed by atoms with Crippen LogP contribution < -0.4 is 10.6 Å². The highest BCUT2D eigenvalue weighted by atomic mass is 32.1. The molecule has 3 nitrogen and oxygen atoms in total. The zero-order chi connectivity index (χ0) is 16.1. The van der Waals surface area contributed by atoms with Crippen LogP contribution >= 0.6 is 12.2 Å². The van der Waals surface area contributed by atoms with Crippen molar-refractivity contribution >= 4 is 28.9 Å². The lowest BCUT2D eigenvalue weighted by molar-refractivity contribution is 0.0978. The fourth-order valence-corrected chi connectivity index (χ4v) is 2.45. The van der Waals surface area contributed by atoms with Crippen molar-refractivity contribution in [1.29, 1.82) is 0 Å². The van der Waals surface area contributed by atoms with Gasteiger partial charge in [0.05, 0.1) is 0 Å². The molecule has 1 fully saturated rings. The molecule has 1 aliphatic rings. The Bertz CT molecular complexity index is 676. The average Bonchev–Trinajstić information content (AvgIpc) is 3.11. The molecule has 3 rings (SSSR count). The van der Waals surface area contributed by atoms with Gasteiger partial charge in [-0.2, -0.15) is 0 Å². The second kappa shape index (κ2) is 7.38. The smallest absolute Gasteiger partial charge is 0.257 e. The molecule has 113 valence electrons. The van der Waals surface area contributed by atoms with Gasteiger partial charge in [0.2, 0.25) is 0 Å². The SMILES string of the molecule is O=C(NC(=S)Nc1ccc([C]2[CH][CH][CH][CH]2)cc1)c1ccccc1. The number of hydrogen-bond donors (Lipinski definition) is 2. The number of hydrogen-bond acceptors (Lipinski definition) is 2. The van der Waals surface area contributed by atoms with Crippen molar-refractivity contribution in [3.8, 4) is 0 Å². The third-order valence-electron chi connectivity index (χ3n) is 3.40. The van der Waals surface area contributed by atoms with Crippen LogP contribution in [0.1, 0.15) is 15.9 Å².